The molecule has 0 aromatic heterocycles. The van der Waals surface area contributed by atoms with Crippen molar-refractivity contribution in [3.8, 4) is 0 Å². The Balaban J connectivity index is 1.81. The van der Waals surface area contributed by atoms with E-state index in [0.29, 0.717) is 23.5 Å². The lowest BCUT2D eigenvalue weighted by molar-refractivity contribution is -0.129. The van der Waals surface area contributed by atoms with Crippen molar-refractivity contribution < 1.29 is 9.22 Å². The third-order valence-electron chi connectivity index (χ3n) is 7.32. The molecule has 3 rings (SSSR count). The van der Waals surface area contributed by atoms with Gasteiger partial charge in [0.2, 0.25) is 0 Å². The SMILES string of the molecule is C[C@H](/C=C/c1ccccc1C(C)(C)O[Si](C)(C)C)[C@H]1CC[C@H]2C(=O)CCC[C@]12C. The van der Waals surface area contributed by atoms with Crippen LogP contribution in [0.2, 0.25) is 19.6 Å². The molecule has 29 heavy (non-hydrogen) atoms. The molecule has 0 heterocycles. The van der Waals surface area contributed by atoms with Crippen molar-refractivity contribution in [2.75, 3.05) is 0 Å². The third kappa shape index (κ3) is 4.77. The van der Waals surface area contributed by atoms with Gasteiger partial charge in [-0.2, -0.15) is 0 Å². The predicted octanol–water partition coefficient (Wildman–Crippen LogP) is 7.21. The van der Waals surface area contributed by atoms with E-state index in [9.17, 15) is 4.79 Å². The highest BCUT2D eigenvalue weighted by molar-refractivity contribution is 6.69. The van der Waals surface area contributed by atoms with Crippen molar-refractivity contribution >= 4 is 20.2 Å². The number of fused-ring (bicyclic) bond motifs is 1. The number of ketones is 1. The summed E-state index contributed by atoms with van der Waals surface area (Å²) in [6.45, 7) is 15.9. The van der Waals surface area contributed by atoms with Gasteiger partial charge in [-0.3, -0.25) is 4.79 Å². The van der Waals surface area contributed by atoms with Crippen LogP contribution in [0.3, 0.4) is 0 Å². The fraction of sp³-hybridized carbons (Fsp3) is 0.654. The molecule has 4 atom stereocenters. The zero-order chi connectivity index (χ0) is 21.4. The summed E-state index contributed by atoms with van der Waals surface area (Å²) in [5.74, 6) is 1.90. The largest absolute Gasteiger partial charge is 0.409 e. The minimum Gasteiger partial charge on any atom is -0.409 e. The summed E-state index contributed by atoms with van der Waals surface area (Å²) in [6, 6.07) is 8.64. The highest BCUT2D eigenvalue weighted by Crippen LogP contribution is 2.56. The standard InChI is InChI=1S/C26H40O2Si/c1-19(21-16-17-23-24(27)13-10-18-26(21,23)4)14-15-20-11-8-9-12-22(20)25(2,3)28-29(5,6)7/h8-9,11-12,14-15,19,21,23H,10,13,16-18H2,1-7H3/b15-14+/t19-,21-,23+,26-/m1/s1. The van der Waals surface area contributed by atoms with Crippen LogP contribution >= 0.6 is 0 Å². The second-order valence-corrected chi connectivity index (χ2v) is 15.5. The Morgan fingerprint density at radius 2 is 1.90 bits per heavy atom. The van der Waals surface area contributed by atoms with E-state index < -0.39 is 8.32 Å². The molecule has 2 saturated carbocycles. The lowest BCUT2D eigenvalue weighted by atomic mass is 9.62. The fourth-order valence-corrected chi connectivity index (χ4v) is 7.88. The molecule has 2 fully saturated rings. The zero-order valence-electron chi connectivity index (χ0n) is 19.5. The van der Waals surface area contributed by atoms with Crippen molar-refractivity contribution in [1.29, 1.82) is 0 Å². The number of Topliss-reactive ketones (excluding diaryl/α,β-unsaturated/α-hetero) is 1. The Morgan fingerprint density at radius 1 is 1.21 bits per heavy atom. The average Bonchev–Trinajstić information content (AvgIpc) is 2.96. The van der Waals surface area contributed by atoms with Crippen LogP contribution in [0.4, 0.5) is 0 Å². The Morgan fingerprint density at radius 3 is 2.59 bits per heavy atom. The molecule has 0 saturated heterocycles. The van der Waals surface area contributed by atoms with Gasteiger partial charge >= 0.3 is 0 Å². The van der Waals surface area contributed by atoms with Gasteiger partial charge in [-0.15, -0.1) is 0 Å². The normalized spacial score (nSPS) is 29.3. The maximum atomic E-state index is 12.5. The number of hydrogen-bond acceptors (Lipinski definition) is 2. The number of rotatable bonds is 6. The number of allylic oxidation sites excluding steroid dienone is 1. The first-order chi connectivity index (χ1) is 13.4. The van der Waals surface area contributed by atoms with Crippen molar-refractivity contribution in [3.63, 3.8) is 0 Å². The highest BCUT2D eigenvalue weighted by atomic mass is 28.4. The van der Waals surface area contributed by atoms with Crippen LogP contribution in [0.25, 0.3) is 6.08 Å². The lowest BCUT2D eigenvalue weighted by Crippen LogP contribution is -2.39. The van der Waals surface area contributed by atoms with E-state index in [1.165, 1.54) is 24.0 Å². The lowest BCUT2D eigenvalue weighted by Gasteiger charge is -2.41. The number of carbonyl (C=O) groups excluding carboxylic acids is 1. The molecule has 0 N–H and O–H groups in total. The number of benzene rings is 1. The van der Waals surface area contributed by atoms with Gasteiger partial charge in [-0.1, -0.05) is 50.3 Å². The first-order valence-electron chi connectivity index (χ1n) is 11.4. The van der Waals surface area contributed by atoms with Crippen LogP contribution in [0.1, 0.15) is 70.9 Å². The Labute approximate surface area is 179 Å². The van der Waals surface area contributed by atoms with E-state index in [4.69, 9.17) is 4.43 Å². The van der Waals surface area contributed by atoms with Gasteiger partial charge in [0.1, 0.15) is 5.78 Å². The van der Waals surface area contributed by atoms with Gasteiger partial charge in [0.15, 0.2) is 8.32 Å². The van der Waals surface area contributed by atoms with Crippen LogP contribution in [0, 0.1) is 23.2 Å². The predicted molar refractivity (Wildman–Crippen MR) is 125 cm³/mol. The molecule has 2 aliphatic carbocycles. The zero-order valence-corrected chi connectivity index (χ0v) is 20.5. The summed E-state index contributed by atoms with van der Waals surface area (Å²) in [5, 5.41) is 0. The summed E-state index contributed by atoms with van der Waals surface area (Å²) >= 11 is 0. The van der Waals surface area contributed by atoms with E-state index in [0.717, 1.165) is 19.3 Å². The molecule has 1 aromatic rings. The van der Waals surface area contributed by atoms with Crippen LogP contribution < -0.4 is 0 Å². The van der Waals surface area contributed by atoms with Crippen LogP contribution in [0.5, 0.6) is 0 Å². The molecule has 2 nitrogen and oxygen atoms in total. The minimum absolute atomic E-state index is 0.193. The van der Waals surface area contributed by atoms with Crippen molar-refractivity contribution in [2.45, 2.75) is 85.0 Å². The average molecular weight is 413 g/mol. The van der Waals surface area contributed by atoms with Crippen LogP contribution in [-0.2, 0) is 14.8 Å². The molecule has 1 aromatic carbocycles. The van der Waals surface area contributed by atoms with Gasteiger partial charge in [-0.05, 0) is 87.5 Å². The molecular formula is C26H40O2Si. The van der Waals surface area contributed by atoms with E-state index >= 15 is 0 Å². The van der Waals surface area contributed by atoms with Gasteiger partial charge in [0.05, 0.1) is 5.60 Å². The minimum atomic E-state index is -1.66. The summed E-state index contributed by atoms with van der Waals surface area (Å²) in [6.07, 6.45) is 10.0. The summed E-state index contributed by atoms with van der Waals surface area (Å²) in [4.78, 5) is 12.5. The molecule has 0 radical (unpaired) electrons. The molecule has 3 heteroatoms. The van der Waals surface area contributed by atoms with Gasteiger partial charge in [-0.25, -0.2) is 0 Å². The van der Waals surface area contributed by atoms with Crippen molar-refractivity contribution in [1.82, 2.24) is 0 Å². The Kier molecular flexibility index (Phi) is 6.32. The van der Waals surface area contributed by atoms with Crippen molar-refractivity contribution in [2.24, 2.45) is 23.2 Å². The van der Waals surface area contributed by atoms with Gasteiger partial charge in [0.25, 0.3) is 0 Å². The first kappa shape index (κ1) is 22.5. The molecular weight excluding hydrogens is 372 g/mol. The third-order valence-corrected chi connectivity index (χ3v) is 8.44. The van der Waals surface area contributed by atoms with E-state index in [2.05, 4.69) is 83.8 Å². The molecule has 0 bridgehead atoms. The fourth-order valence-electron chi connectivity index (χ4n) is 6.23. The summed E-state index contributed by atoms with van der Waals surface area (Å²) < 4.78 is 6.52. The Hall–Kier alpha value is -1.19. The molecule has 160 valence electrons. The second-order valence-electron chi connectivity index (χ2n) is 11.1. The van der Waals surface area contributed by atoms with Crippen LogP contribution in [-0.4, -0.2) is 14.1 Å². The maximum absolute atomic E-state index is 12.5. The van der Waals surface area contributed by atoms with Gasteiger partial charge < -0.3 is 4.43 Å². The molecule has 0 spiro atoms. The molecule has 0 aliphatic heterocycles. The monoisotopic (exact) mass is 412 g/mol. The number of hydrogen-bond donors (Lipinski definition) is 0. The maximum Gasteiger partial charge on any atom is 0.184 e. The van der Waals surface area contributed by atoms with Gasteiger partial charge in [0, 0.05) is 12.3 Å². The van der Waals surface area contributed by atoms with E-state index in [1.807, 2.05) is 0 Å². The molecule has 2 aliphatic rings. The molecule has 0 amide bonds. The topological polar surface area (TPSA) is 26.3 Å². The first-order valence-corrected chi connectivity index (χ1v) is 14.9. The van der Waals surface area contributed by atoms with Crippen molar-refractivity contribution in [3.05, 3.63) is 41.5 Å². The quantitative estimate of drug-likeness (QED) is 0.461. The van der Waals surface area contributed by atoms with E-state index in [1.54, 1.807) is 0 Å². The van der Waals surface area contributed by atoms with E-state index in [-0.39, 0.29) is 11.0 Å². The van der Waals surface area contributed by atoms with Crippen LogP contribution in [0.15, 0.2) is 30.3 Å². The number of carbonyl (C=O) groups is 1. The summed E-state index contributed by atoms with van der Waals surface area (Å²) in [7, 11) is -1.66. The highest BCUT2D eigenvalue weighted by Gasteiger charge is 2.51. The smallest absolute Gasteiger partial charge is 0.184 e. The second kappa shape index (κ2) is 8.15. The molecule has 0 unspecified atom stereocenters. The summed E-state index contributed by atoms with van der Waals surface area (Å²) in [5.41, 5.74) is 2.41. The Bertz CT molecular complexity index is 773.